The van der Waals surface area contributed by atoms with Crippen LogP contribution in [0.15, 0.2) is 212 Å². The smallest absolute Gasteiger partial charge is 0.0561 e. The molecule has 1 nitrogen and oxygen atoms in total. The molecular formula is C54H35NS. The second-order valence-corrected chi connectivity index (χ2v) is 15.5. The highest BCUT2D eigenvalue weighted by Gasteiger charge is 2.21. The Morgan fingerprint density at radius 3 is 1.45 bits per heavy atom. The predicted octanol–water partition coefficient (Wildman–Crippen LogP) is 16.0. The molecule has 0 saturated heterocycles. The van der Waals surface area contributed by atoms with Gasteiger partial charge in [-0.2, -0.15) is 0 Å². The highest BCUT2D eigenvalue weighted by Crippen LogP contribution is 2.48. The molecule has 0 atom stereocenters. The standard InChI is InChI=1S/C54H35NS/c1-2-12-36(13-3-1)38-26-30-43(31-27-38)55(51-35-42-15-5-7-17-46(42)54-53(51)49-20-10-11-21-52(49)56-54)44-32-28-39(29-33-44)37-22-24-40(25-23-37)50-34-41-14-4-6-16-45(41)47-18-8-9-19-48(47)50/h1-35H. The lowest BCUT2D eigenvalue weighted by molar-refractivity contribution is 1.30. The summed E-state index contributed by atoms with van der Waals surface area (Å²) < 4.78 is 2.62. The van der Waals surface area contributed by atoms with Gasteiger partial charge < -0.3 is 4.90 Å². The third-order valence-corrected chi connectivity index (χ3v) is 12.4. The lowest BCUT2D eigenvalue weighted by Crippen LogP contribution is -2.10. The van der Waals surface area contributed by atoms with E-state index in [4.69, 9.17) is 0 Å². The summed E-state index contributed by atoms with van der Waals surface area (Å²) in [5.41, 5.74) is 10.7. The zero-order valence-electron chi connectivity index (χ0n) is 30.6. The van der Waals surface area contributed by atoms with Gasteiger partial charge in [-0.1, -0.05) is 170 Å². The molecule has 0 aliphatic rings. The molecular weight excluding hydrogens is 695 g/mol. The van der Waals surface area contributed by atoms with Gasteiger partial charge in [0.05, 0.1) is 5.69 Å². The Hall–Kier alpha value is -7.00. The van der Waals surface area contributed by atoms with E-state index in [1.54, 1.807) is 0 Å². The van der Waals surface area contributed by atoms with Crippen LogP contribution in [-0.4, -0.2) is 0 Å². The number of rotatable bonds is 6. The van der Waals surface area contributed by atoms with Crippen LogP contribution in [0.2, 0.25) is 0 Å². The van der Waals surface area contributed by atoms with E-state index in [0.29, 0.717) is 0 Å². The Morgan fingerprint density at radius 1 is 0.321 bits per heavy atom. The number of fused-ring (bicyclic) bond motifs is 8. The molecule has 0 fully saturated rings. The van der Waals surface area contributed by atoms with E-state index in [1.807, 2.05) is 11.3 Å². The van der Waals surface area contributed by atoms with Crippen molar-refractivity contribution in [3.63, 3.8) is 0 Å². The Labute approximate surface area is 330 Å². The van der Waals surface area contributed by atoms with E-state index < -0.39 is 0 Å². The van der Waals surface area contributed by atoms with Crippen molar-refractivity contribution in [2.45, 2.75) is 0 Å². The summed E-state index contributed by atoms with van der Waals surface area (Å²) in [6, 6.07) is 77.6. The molecule has 0 aliphatic carbocycles. The van der Waals surface area contributed by atoms with Gasteiger partial charge in [0, 0.05) is 31.5 Å². The minimum absolute atomic E-state index is 1.12. The second kappa shape index (κ2) is 13.4. The molecule has 0 bridgehead atoms. The molecule has 11 rings (SSSR count). The van der Waals surface area contributed by atoms with Crippen LogP contribution in [-0.2, 0) is 0 Å². The molecule has 0 aliphatic heterocycles. The first-order valence-corrected chi connectivity index (χ1v) is 20.0. The number of benzene rings is 10. The van der Waals surface area contributed by atoms with Gasteiger partial charge in [-0.05, 0) is 108 Å². The largest absolute Gasteiger partial charge is 0.310 e. The summed E-state index contributed by atoms with van der Waals surface area (Å²) in [6.45, 7) is 0. The second-order valence-electron chi connectivity index (χ2n) is 14.5. The minimum atomic E-state index is 1.12. The quantitative estimate of drug-likeness (QED) is 0.154. The number of nitrogens with zero attached hydrogens (tertiary/aromatic N) is 1. The topological polar surface area (TPSA) is 3.24 Å². The first-order chi connectivity index (χ1) is 27.8. The monoisotopic (exact) mass is 729 g/mol. The molecule has 0 amide bonds. The van der Waals surface area contributed by atoms with Crippen molar-refractivity contribution in [1.29, 1.82) is 0 Å². The van der Waals surface area contributed by atoms with Crippen molar-refractivity contribution < 1.29 is 0 Å². The summed E-state index contributed by atoms with van der Waals surface area (Å²) in [6.07, 6.45) is 0. The fourth-order valence-electron chi connectivity index (χ4n) is 8.51. The molecule has 0 spiro atoms. The third-order valence-electron chi connectivity index (χ3n) is 11.2. The normalized spacial score (nSPS) is 11.6. The average Bonchev–Trinajstić information content (AvgIpc) is 3.67. The van der Waals surface area contributed by atoms with Crippen LogP contribution in [0.5, 0.6) is 0 Å². The predicted molar refractivity (Wildman–Crippen MR) is 243 cm³/mol. The summed E-state index contributed by atoms with van der Waals surface area (Å²) >= 11 is 1.89. The number of hydrogen-bond acceptors (Lipinski definition) is 2. The summed E-state index contributed by atoms with van der Waals surface area (Å²) in [4.78, 5) is 2.44. The Kier molecular flexibility index (Phi) is 7.75. The maximum atomic E-state index is 2.44. The number of anilines is 3. The van der Waals surface area contributed by atoms with Gasteiger partial charge in [-0.3, -0.25) is 0 Å². The van der Waals surface area contributed by atoms with Crippen LogP contribution in [0.25, 0.3) is 85.9 Å². The van der Waals surface area contributed by atoms with E-state index in [2.05, 4.69) is 217 Å². The molecule has 0 N–H and O–H groups in total. The summed E-state index contributed by atoms with van der Waals surface area (Å²) in [5.74, 6) is 0. The van der Waals surface area contributed by atoms with Crippen LogP contribution < -0.4 is 4.90 Å². The minimum Gasteiger partial charge on any atom is -0.310 e. The van der Waals surface area contributed by atoms with Crippen LogP contribution in [0, 0.1) is 0 Å². The Bertz CT molecular complexity index is 3210. The fraction of sp³-hybridized carbons (Fsp3) is 0. The first kappa shape index (κ1) is 32.4. The van der Waals surface area contributed by atoms with Crippen LogP contribution in [0.4, 0.5) is 17.1 Å². The van der Waals surface area contributed by atoms with Crippen molar-refractivity contribution in [2.24, 2.45) is 0 Å². The van der Waals surface area contributed by atoms with E-state index in [1.165, 1.54) is 91.6 Å². The highest BCUT2D eigenvalue weighted by atomic mass is 32.1. The van der Waals surface area contributed by atoms with Crippen molar-refractivity contribution in [2.75, 3.05) is 4.90 Å². The van der Waals surface area contributed by atoms with Crippen LogP contribution >= 0.6 is 11.3 Å². The van der Waals surface area contributed by atoms with E-state index in [0.717, 1.165) is 11.4 Å². The van der Waals surface area contributed by atoms with Crippen molar-refractivity contribution in [3.8, 4) is 33.4 Å². The van der Waals surface area contributed by atoms with Gasteiger partial charge in [0.1, 0.15) is 0 Å². The fourth-order valence-corrected chi connectivity index (χ4v) is 9.77. The highest BCUT2D eigenvalue weighted by molar-refractivity contribution is 7.26. The van der Waals surface area contributed by atoms with E-state index in [9.17, 15) is 0 Å². The SMILES string of the molecule is c1ccc(-c2ccc(N(c3ccc(-c4ccc(-c5cc6ccccc6c6ccccc56)cc4)cc3)c3cc4ccccc4c4sc5ccccc5c34)cc2)cc1. The maximum Gasteiger partial charge on any atom is 0.0561 e. The van der Waals surface area contributed by atoms with Gasteiger partial charge >= 0.3 is 0 Å². The van der Waals surface area contributed by atoms with Crippen LogP contribution in [0.1, 0.15) is 0 Å². The molecule has 1 heterocycles. The summed E-state index contributed by atoms with van der Waals surface area (Å²) in [5, 5.41) is 10.2. The molecule has 1 aromatic heterocycles. The van der Waals surface area contributed by atoms with Gasteiger partial charge in [0.25, 0.3) is 0 Å². The van der Waals surface area contributed by atoms with Crippen molar-refractivity contribution in [1.82, 2.24) is 0 Å². The molecule has 56 heavy (non-hydrogen) atoms. The zero-order valence-corrected chi connectivity index (χ0v) is 31.4. The molecule has 0 unspecified atom stereocenters. The van der Waals surface area contributed by atoms with Crippen LogP contribution in [0.3, 0.4) is 0 Å². The van der Waals surface area contributed by atoms with E-state index in [-0.39, 0.29) is 0 Å². The summed E-state index contributed by atoms with van der Waals surface area (Å²) in [7, 11) is 0. The lowest BCUT2D eigenvalue weighted by atomic mass is 9.92. The zero-order chi connectivity index (χ0) is 37.0. The van der Waals surface area contributed by atoms with Gasteiger partial charge in [0.2, 0.25) is 0 Å². The van der Waals surface area contributed by atoms with Crippen molar-refractivity contribution in [3.05, 3.63) is 212 Å². The average molecular weight is 730 g/mol. The van der Waals surface area contributed by atoms with Crippen molar-refractivity contribution >= 4 is 80.9 Å². The van der Waals surface area contributed by atoms with Gasteiger partial charge in [-0.25, -0.2) is 0 Å². The molecule has 11 aromatic rings. The Balaban J connectivity index is 1.03. The number of thiophene rings is 1. The molecule has 0 saturated carbocycles. The van der Waals surface area contributed by atoms with Gasteiger partial charge in [0.15, 0.2) is 0 Å². The maximum absolute atomic E-state index is 2.44. The van der Waals surface area contributed by atoms with Gasteiger partial charge in [-0.15, -0.1) is 11.3 Å². The molecule has 262 valence electrons. The first-order valence-electron chi connectivity index (χ1n) is 19.2. The Morgan fingerprint density at radius 2 is 0.786 bits per heavy atom. The lowest BCUT2D eigenvalue weighted by Gasteiger charge is -2.27. The molecule has 2 heteroatoms. The molecule has 0 radical (unpaired) electrons. The van der Waals surface area contributed by atoms with E-state index >= 15 is 0 Å². The molecule has 10 aromatic carbocycles. The third kappa shape index (κ3) is 5.46. The number of hydrogen-bond donors (Lipinski definition) is 0.